The van der Waals surface area contributed by atoms with Crippen LogP contribution in [-0.2, 0) is 6.42 Å². The fourth-order valence-electron chi connectivity index (χ4n) is 3.36. The molecule has 3 rings (SSSR count). The number of nitrogens with zero attached hydrogens (tertiary/aromatic N) is 2. The lowest BCUT2D eigenvalue weighted by Crippen LogP contribution is -2.29. The maximum atomic E-state index is 9.56. The topological polar surface area (TPSA) is 74.7 Å². The van der Waals surface area contributed by atoms with Crippen molar-refractivity contribution in [2.75, 3.05) is 18.8 Å². The number of aryl methyl sites for hydroxylation is 1. The fraction of sp³-hybridized carbons (Fsp3) is 0.412. The van der Waals surface area contributed by atoms with Crippen LogP contribution in [0.5, 0.6) is 0 Å². The van der Waals surface area contributed by atoms with Crippen molar-refractivity contribution in [1.29, 1.82) is 5.26 Å². The van der Waals surface area contributed by atoms with E-state index in [4.69, 9.17) is 5.73 Å². The number of fused-ring (bicyclic) bond motifs is 1. The molecule has 3 N–H and O–H groups in total. The number of nitrogens with two attached hydrogens (primary N) is 1. The molecule has 1 aliphatic rings. The van der Waals surface area contributed by atoms with Crippen LogP contribution in [0.4, 0.5) is 5.82 Å². The summed E-state index contributed by atoms with van der Waals surface area (Å²) in [6.45, 7) is 4.10. The summed E-state index contributed by atoms with van der Waals surface area (Å²) in [6, 6.07) is 8.42. The Morgan fingerprint density at radius 1 is 1.48 bits per heavy atom. The highest BCUT2D eigenvalue weighted by Crippen LogP contribution is 2.36. The van der Waals surface area contributed by atoms with Gasteiger partial charge >= 0.3 is 0 Å². The first-order chi connectivity index (χ1) is 10.3. The number of nitrogens with one attached hydrogen (secondary N) is 1. The predicted molar refractivity (Wildman–Crippen MR) is 85.1 cm³/mol. The average Bonchev–Trinajstić information content (AvgIpc) is 2.53. The molecule has 0 spiro atoms. The van der Waals surface area contributed by atoms with Gasteiger partial charge in [-0.15, -0.1) is 0 Å². The van der Waals surface area contributed by atoms with Crippen LogP contribution in [0.15, 0.2) is 18.2 Å². The number of anilines is 1. The molecule has 1 aromatic heterocycles. The number of nitrogen functional groups attached to an aromatic ring is 1. The highest BCUT2D eigenvalue weighted by Gasteiger charge is 2.24. The van der Waals surface area contributed by atoms with Crippen molar-refractivity contribution in [3.8, 4) is 6.07 Å². The van der Waals surface area contributed by atoms with Crippen LogP contribution in [0.2, 0.25) is 0 Å². The molecule has 1 fully saturated rings. The van der Waals surface area contributed by atoms with Gasteiger partial charge in [0.05, 0.1) is 11.1 Å². The van der Waals surface area contributed by atoms with Gasteiger partial charge in [0.2, 0.25) is 0 Å². The van der Waals surface area contributed by atoms with E-state index in [-0.39, 0.29) is 0 Å². The highest BCUT2D eigenvalue weighted by atomic mass is 14.9. The van der Waals surface area contributed by atoms with Crippen LogP contribution in [0.1, 0.15) is 42.4 Å². The van der Waals surface area contributed by atoms with Crippen molar-refractivity contribution in [2.24, 2.45) is 0 Å². The summed E-state index contributed by atoms with van der Waals surface area (Å²) in [5.41, 5.74) is 9.87. The number of hydrogen-bond donors (Lipinski definition) is 2. The van der Waals surface area contributed by atoms with Crippen LogP contribution in [0.3, 0.4) is 0 Å². The van der Waals surface area contributed by atoms with Gasteiger partial charge in [-0.05, 0) is 48.9 Å². The second-order valence-electron chi connectivity index (χ2n) is 5.61. The van der Waals surface area contributed by atoms with E-state index in [0.717, 1.165) is 48.8 Å². The molecule has 0 bridgehead atoms. The van der Waals surface area contributed by atoms with Crippen LogP contribution in [0.25, 0.3) is 10.9 Å². The zero-order valence-corrected chi connectivity index (χ0v) is 12.3. The number of piperidine rings is 1. The van der Waals surface area contributed by atoms with E-state index in [9.17, 15) is 5.26 Å². The Kier molecular flexibility index (Phi) is 3.76. The van der Waals surface area contributed by atoms with Gasteiger partial charge in [0.1, 0.15) is 11.9 Å². The standard InChI is InChI=1S/C17H20N4/c1-2-11-5-3-7-14-16(11)15(12-6-4-8-20-10-12)13(9-18)17(19)21-14/h3,5,7,12,20H,2,4,6,8,10H2,1H3,(H2,19,21). The van der Waals surface area contributed by atoms with E-state index in [0.29, 0.717) is 17.3 Å². The quantitative estimate of drug-likeness (QED) is 0.887. The first-order valence-electron chi connectivity index (χ1n) is 7.58. The maximum absolute atomic E-state index is 9.56. The molecule has 1 aromatic carbocycles. The number of aromatic nitrogens is 1. The Labute approximate surface area is 125 Å². The Hall–Kier alpha value is -2.12. The Morgan fingerprint density at radius 2 is 2.33 bits per heavy atom. The number of rotatable bonds is 2. The zero-order valence-electron chi connectivity index (χ0n) is 12.3. The zero-order chi connectivity index (χ0) is 14.8. The highest BCUT2D eigenvalue weighted by molar-refractivity contribution is 5.90. The first kappa shape index (κ1) is 13.8. The summed E-state index contributed by atoms with van der Waals surface area (Å²) in [6.07, 6.45) is 3.16. The van der Waals surface area contributed by atoms with Gasteiger partial charge in [-0.25, -0.2) is 4.98 Å². The Morgan fingerprint density at radius 3 is 3.00 bits per heavy atom. The predicted octanol–water partition coefficient (Wildman–Crippen LogP) is 2.72. The van der Waals surface area contributed by atoms with E-state index in [1.54, 1.807) is 0 Å². The fourth-order valence-corrected chi connectivity index (χ4v) is 3.36. The minimum atomic E-state index is 0.342. The molecule has 0 saturated carbocycles. The van der Waals surface area contributed by atoms with Gasteiger partial charge < -0.3 is 11.1 Å². The molecule has 108 valence electrons. The summed E-state index contributed by atoms with van der Waals surface area (Å²) < 4.78 is 0. The number of hydrogen-bond acceptors (Lipinski definition) is 4. The van der Waals surface area contributed by atoms with Crippen molar-refractivity contribution in [2.45, 2.75) is 32.1 Å². The van der Waals surface area contributed by atoms with Gasteiger partial charge in [-0.3, -0.25) is 0 Å². The molecule has 1 saturated heterocycles. The third kappa shape index (κ3) is 2.34. The van der Waals surface area contributed by atoms with E-state index < -0.39 is 0 Å². The molecule has 0 aliphatic carbocycles. The molecule has 0 amide bonds. The molecule has 4 heteroatoms. The second kappa shape index (κ2) is 5.71. The van der Waals surface area contributed by atoms with Crippen LogP contribution >= 0.6 is 0 Å². The van der Waals surface area contributed by atoms with Crippen molar-refractivity contribution in [3.63, 3.8) is 0 Å². The normalized spacial score (nSPS) is 18.6. The second-order valence-corrected chi connectivity index (χ2v) is 5.61. The van der Waals surface area contributed by atoms with Gasteiger partial charge in [0.25, 0.3) is 0 Å². The largest absolute Gasteiger partial charge is 0.383 e. The van der Waals surface area contributed by atoms with Crippen LogP contribution in [-0.4, -0.2) is 18.1 Å². The number of nitriles is 1. The number of benzene rings is 1. The summed E-state index contributed by atoms with van der Waals surface area (Å²) in [5, 5.41) is 14.1. The van der Waals surface area contributed by atoms with E-state index in [1.807, 2.05) is 12.1 Å². The molecule has 1 aliphatic heterocycles. The first-order valence-corrected chi connectivity index (χ1v) is 7.58. The Balaban J connectivity index is 2.34. The summed E-state index contributed by atoms with van der Waals surface area (Å²) in [7, 11) is 0. The van der Waals surface area contributed by atoms with Crippen LogP contribution < -0.4 is 11.1 Å². The van der Waals surface area contributed by atoms with Crippen molar-refractivity contribution < 1.29 is 0 Å². The molecule has 1 unspecified atom stereocenters. The molecular weight excluding hydrogens is 260 g/mol. The molecule has 21 heavy (non-hydrogen) atoms. The van der Waals surface area contributed by atoms with Crippen LogP contribution in [0, 0.1) is 11.3 Å². The lowest BCUT2D eigenvalue weighted by Gasteiger charge is -2.26. The maximum Gasteiger partial charge on any atom is 0.142 e. The summed E-state index contributed by atoms with van der Waals surface area (Å²) in [4.78, 5) is 4.45. The molecule has 2 heterocycles. The van der Waals surface area contributed by atoms with Crippen molar-refractivity contribution in [1.82, 2.24) is 10.3 Å². The third-order valence-electron chi connectivity index (χ3n) is 4.36. The lowest BCUT2D eigenvalue weighted by atomic mass is 9.84. The number of pyridine rings is 1. The van der Waals surface area contributed by atoms with Crippen molar-refractivity contribution in [3.05, 3.63) is 34.9 Å². The summed E-state index contributed by atoms with van der Waals surface area (Å²) in [5.74, 6) is 0.702. The van der Waals surface area contributed by atoms with Gasteiger partial charge in [0, 0.05) is 11.9 Å². The monoisotopic (exact) mass is 280 g/mol. The molecule has 2 aromatic rings. The summed E-state index contributed by atoms with van der Waals surface area (Å²) >= 11 is 0. The molecule has 4 nitrogen and oxygen atoms in total. The molecular formula is C17H20N4. The van der Waals surface area contributed by atoms with E-state index >= 15 is 0 Å². The van der Waals surface area contributed by atoms with Gasteiger partial charge in [-0.1, -0.05) is 19.1 Å². The lowest BCUT2D eigenvalue weighted by molar-refractivity contribution is 0.463. The Bertz CT molecular complexity index is 709. The SMILES string of the molecule is CCc1cccc2nc(N)c(C#N)c(C3CCCNC3)c12. The van der Waals surface area contributed by atoms with Crippen molar-refractivity contribution >= 4 is 16.7 Å². The van der Waals surface area contributed by atoms with E-state index in [1.165, 1.54) is 5.56 Å². The average molecular weight is 280 g/mol. The molecule has 0 radical (unpaired) electrons. The molecule has 1 atom stereocenters. The van der Waals surface area contributed by atoms with Gasteiger partial charge in [-0.2, -0.15) is 5.26 Å². The van der Waals surface area contributed by atoms with Gasteiger partial charge in [0.15, 0.2) is 0 Å². The third-order valence-corrected chi connectivity index (χ3v) is 4.36. The van der Waals surface area contributed by atoms with E-state index in [2.05, 4.69) is 29.4 Å². The minimum absolute atomic E-state index is 0.342. The minimum Gasteiger partial charge on any atom is -0.383 e. The smallest absolute Gasteiger partial charge is 0.142 e.